The van der Waals surface area contributed by atoms with E-state index in [0.717, 1.165) is 5.56 Å². The van der Waals surface area contributed by atoms with Crippen LogP contribution < -0.4 is 9.80 Å². The molecule has 2 aliphatic rings. The van der Waals surface area contributed by atoms with Gasteiger partial charge in [-0.25, -0.2) is 9.97 Å². The monoisotopic (exact) mass is 396 g/mol. The molecule has 0 fully saturated rings. The summed E-state index contributed by atoms with van der Waals surface area (Å²) in [6.45, 7) is 0.369. The van der Waals surface area contributed by atoms with Gasteiger partial charge in [-0.05, 0) is 29.8 Å². The van der Waals surface area contributed by atoms with Crippen LogP contribution in [0.5, 0.6) is 0 Å². The summed E-state index contributed by atoms with van der Waals surface area (Å²) >= 11 is 0. The SMILES string of the molecule is CN1C(=O)/C(=N\N=C2/C(=O)N(Cc3ccccc3)c3ncccc32)c2cccnc21. The van der Waals surface area contributed by atoms with Gasteiger partial charge in [-0.3, -0.25) is 19.4 Å². The second-order valence-electron chi connectivity index (χ2n) is 6.89. The third kappa shape index (κ3) is 2.77. The van der Waals surface area contributed by atoms with Crippen molar-refractivity contribution in [3.05, 3.63) is 83.7 Å². The molecule has 2 aliphatic heterocycles. The van der Waals surface area contributed by atoms with Gasteiger partial charge >= 0.3 is 0 Å². The molecule has 0 atom stereocenters. The molecule has 0 aliphatic carbocycles. The second-order valence-corrected chi connectivity index (χ2v) is 6.89. The van der Waals surface area contributed by atoms with E-state index in [2.05, 4.69) is 20.2 Å². The molecule has 4 heterocycles. The van der Waals surface area contributed by atoms with E-state index in [1.54, 1.807) is 48.6 Å². The quantitative estimate of drug-likeness (QED) is 0.635. The minimum absolute atomic E-state index is 0.160. The Kier molecular flexibility index (Phi) is 4.17. The largest absolute Gasteiger partial charge is 0.294 e. The highest BCUT2D eigenvalue weighted by Crippen LogP contribution is 2.29. The first-order chi connectivity index (χ1) is 14.6. The average Bonchev–Trinajstić information content (AvgIpc) is 3.19. The smallest absolute Gasteiger partial charge is 0.281 e. The zero-order valence-corrected chi connectivity index (χ0v) is 16.1. The number of carbonyl (C=O) groups excluding carboxylic acids is 2. The molecule has 3 aromatic rings. The lowest BCUT2D eigenvalue weighted by atomic mass is 10.2. The van der Waals surface area contributed by atoms with Crippen molar-refractivity contribution >= 4 is 34.9 Å². The lowest BCUT2D eigenvalue weighted by Gasteiger charge is -2.15. The fourth-order valence-electron chi connectivity index (χ4n) is 3.56. The lowest BCUT2D eigenvalue weighted by Crippen LogP contribution is -2.30. The van der Waals surface area contributed by atoms with Gasteiger partial charge in [0.05, 0.1) is 17.7 Å². The maximum atomic E-state index is 13.1. The van der Waals surface area contributed by atoms with E-state index >= 15 is 0 Å². The highest BCUT2D eigenvalue weighted by molar-refractivity contribution is 6.55. The van der Waals surface area contributed by atoms with E-state index in [1.165, 1.54) is 4.90 Å². The molecular weight excluding hydrogens is 380 g/mol. The van der Waals surface area contributed by atoms with Gasteiger partial charge < -0.3 is 0 Å². The molecule has 0 unspecified atom stereocenters. The number of hydrogen-bond acceptors (Lipinski definition) is 6. The van der Waals surface area contributed by atoms with E-state index in [0.29, 0.717) is 29.3 Å². The Morgan fingerprint density at radius 1 is 0.767 bits per heavy atom. The normalized spacial score (nSPS) is 17.8. The minimum atomic E-state index is -0.314. The maximum absolute atomic E-state index is 13.1. The van der Waals surface area contributed by atoms with Crippen molar-refractivity contribution in [1.29, 1.82) is 0 Å². The molecule has 0 bridgehead atoms. The molecule has 0 saturated heterocycles. The molecule has 2 aromatic heterocycles. The summed E-state index contributed by atoms with van der Waals surface area (Å²) < 4.78 is 0. The van der Waals surface area contributed by atoms with E-state index < -0.39 is 0 Å². The number of amides is 2. The summed E-state index contributed by atoms with van der Waals surface area (Å²) in [6, 6.07) is 16.7. The fourth-order valence-corrected chi connectivity index (χ4v) is 3.56. The number of carbonyl (C=O) groups is 2. The van der Waals surface area contributed by atoms with Crippen molar-refractivity contribution in [1.82, 2.24) is 9.97 Å². The molecule has 146 valence electrons. The van der Waals surface area contributed by atoms with Crippen LogP contribution in [-0.2, 0) is 16.1 Å². The maximum Gasteiger partial charge on any atom is 0.281 e. The summed E-state index contributed by atoms with van der Waals surface area (Å²) in [5.41, 5.74) is 2.48. The predicted molar refractivity (Wildman–Crippen MR) is 113 cm³/mol. The zero-order valence-electron chi connectivity index (χ0n) is 16.1. The van der Waals surface area contributed by atoms with Crippen LogP contribution in [0.25, 0.3) is 0 Å². The summed E-state index contributed by atoms with van der Waals surface area (Å²) in [4.78, 5) is 37.3. The van der Waals surface area contributed by atoms with Crippen molar-refractivity contribution in [2.24, 2.45) is 10.2 Å². The van der Waals surface area contributed by atoms with Crippen LogP contribution in [0.1, 0.15) is 16.7 Å². The molecule has 5 rings (SSSR count). The van der Waals surface area contributed by atoms with Crippen LogP contribution in [0, 0.1) is 0 Å². The predicted octanol–water partition coefficient (Wildman–Crippen LogP) is 2.19. The van der Waals surface area contributed by atoms with Gasteiger partial charge in [0, 0.05) is 19.4 Å². The Morgan fingerprint density at radius 2 is 1.37 bits per heavy atom. The van der Waals surface area contributed by atoms with E-state index in [4.69, 9.17) is 0 Å². The van der Waals surface area contributed by atoms with Crippen LogP contribution >= 0.6 is 0 Å². The number of aromatic nitrogens is 2. The fraction of sp³-hybridized carbons (Fsp3) is 0.0909. The molecule has 0 spiro atoms. The van der Waals surface area contributed by atoms with Gasteiger partial charge in [-0.15, -0.1) is 10.2 Å². The second kappa shape index (κ2) is 7.00. The van der Waals surface area contributed by atoms with Crippen molar-refractivity contribution in [2.75, 3.05) is 16.8 Å². The number of hydrogen-bond donors (Lipinski definition) is 0. The Hall–Kier alpha value is -4.20. The number of likely N-dealkylation sites (N-methyl/N-ethyl adjacent to an activating group) is 1. The van der Waals surface area contributed by atoms with Crippen molar-refractivity contribution in [3.63, 3.8) is 0 Å². The third-order valence-electron chi connectivity index (χ3n) is 5.05. The molecule has 8 nitrogen and oxygen atoms in total. The van der Waals surface area contributed by atoms with Crippen LogP contribution in [0.3, 0.4) is 0 Å². The molecule has 1 aromatic carbocycles. The molecule has 2 amide bonds. The first-order valence-electron chi connectivity index (χ1n) is 9.35. The third-order valence-corrected chi connectivity index (χ3v) is 5.05. The number of rotatable bonds is 3. The highest BCUT2D eigenvalue weighted by atomic mass is 16.2. The van der Waals surface area contributed by atoms with Crippen LogP contribution in [-0.4, -0.2) is 40.3 Å². The van der Waals surface area contributed by atoms with Gasteiger partial charge in [-0.1, -0.05) is 30.3 Å². The number of pyridine rings is 2. The summed E-state index contributed by atoms with van der Waals surface area (Å²) in [5, 5.41) is 8.37. The molecule has 0 saturated carbocycles. The zero-order chi connectivity index (χ0) is 20.7. The summed E-state index contributed by atoms with van der Waals surface area (Å²) in [6.07, 6.45) is 3.25. The van der Waals surface area contributed by atoms with Crippen molar-refractivity contribution < 1.29 is 9.59 Å². The summed E-state index contributed by atoms with van der Waals surface area (Å²) in [7, 11) is 1.63. The number of anilines is 2. The number of benzene rings is 1. The molecule has 0 N–H and O–H groups in total. The minimum Gasteiger partial charge on any atom is -0.294 e. The molecular formula is C22H16N6O2. The average molecular weight is 396 g/mol. The van der Waals surface area contributed by atoms with E-state index in [9.17, 15) is 9.59 Å². The summed E-state index contributed by atoms with van der Waals surface area (Å²) in [5.74, 6) is 0.433. The van der Waals surface area contributed by atoms with Crippen molar-refractivity contribution in [3.8, 4) is 0 Å². The van der Waals surface area contributed by atoms with Gasteiger partial charge in [-0.2, -0.15) is 0 Å². The Morgan fingerprint density at radius 3 is 2.07 bits per heavy atom. The van der Waals surface area contributed by atoms with Crippen LogP contribution in [0.2, 0.25) is 0 Å². The van der Waals surface area contributed by atoms with Gasteiger partial charge in [0.15, 0.2) is 11.4 Å². The number of fused-ring (bicyclic) bond motifs is 2. The first-order valence-corrected chi connectivity index (χ1v) is 9.35. The Labute approximate surface area is 172 Å². The highest BCUT2D eigenvalue weighted by Gasteiger charge is 2.36. The van der Waals surface area contributed by atoms with Gasteiger partial charge in [0.2, 0.25) is 0 Å². The molecule has 0 radical (unpaired) electrons. The first kappa shape index (κ1) is 17.9. The van der Waals surface area contributed by atoms with Gasteiger partial charge in [0.1, 0.15) is 11.6 Å². The molecule has 8 heteroatoms. The number of nitrogens with zero attached hydrogens (tertiary/aromatic N) is 6. The van der Waals surface area contributed by atoms with Crippen molar-refractivity contribution in [2.45, 2.75) is 6.54 Å². The Bertz CT molecular complexity index is 1240. The van der Waals surface area contributed by atoms with Gasteiger partial charge in [0.25, 0.3) is 11.8 Å². The standard InChI is InChI=1S/C22H16N6O2/c1-27-19-15(9-5-11-23-19)17(21(27)29)25-26-18-16-10-6-12-24-20(16)28(22(18)30)13-14-7-3-2-4-8-14/h2-12H,13H2,1H3/b25-17-,26-18-. The van der Waals surface area contributed by atoms with E-state index in [-0.39, 0.29) is 23.2 Å². The molecule has 30 heavy (non-hydrogen) atoms. The lowest BCUT2D eigenvalue weighted by molar-refractivity contribution is -0.113. The Balaban J connectivity index is 1.55. The van der Waals surface area contributed by atoms with Crippen LogP contribution in [0.4, 0.5) is 11.6 Å². The van der Waals surface area contributed by atoms with Crippen LogP contribution in [0.15, 0.2) is 77.2 Å². The van der Waals surface area contributed by atoms with E-state index in [1.807, 2.05) is 30.3 Å². The topological polar surface area (TPSA) is 91.1 Å².